The van der Waals surface area contributed by atoms with E-state index >= 15 is 0 Å². The lowest BCUT2D eigenvalue weighted by Crippen LogP contribution is -1.89. The van der Waals surface area contributed by atoms with Crippen LogP contribution in [0.15, 0.2) is 0 Å². The van der Waals surface area contributed by atoms with Crippen LogP contribution in [-0.2, 0) is 10.4 Å². The third kappa shape index (κ3) is 326. The van der Waals surface area contributed by atoms with Crippen LogP contribution in [0.2, 0.25) is 0 Å². The van der Waals surface area contributed by atoms with E-state index in [1.807, 2.05) is 0 Å². The molecular weight excluding hydrogens is 172 g/mol. The van der Waals surface area contributed by atoms with Crippen molar-refractivity contribution < 1.29 is 38.0 Å². The van der Waals surface area contributed by atoms with Gasteiger partial charge in [-0.15, -0.1) is 0 Å². The Kier molecular flexibility index (Phi) is 9.99. The highest BCUT2D eigenvalue weighted by Crippen LogP contribution is 1.59. The van der Waals surface area contributed by atoms with E-state index in [0.29, 0.717) is 0 Å². The number of hydrogen-bond donors (Lipinski definition) is 4. The number of carboxylic acid groups (broad SMARTS) is 2. The largest absolute Gasteiger partial charge is 0.503 e. The first kappa shape index (κ1) is 16.0. The van der Waals surface area contributed by atoms with Gasteiger partial charge in [0.05, 0.1) is 0 Å². The summed E-state index contributed by atoms with van der Waals surface area (Å²) in [7, 11) is -4.67. The van der Waals surface area contributed by atoms with Gasteiger partial charge in [-0.05, 0) is 0 Å². The van der Waals surface area contributed by atoms with E-state index in [-0.39, 0.29) is 5.48 Å². The van der Waals surface area contributed by atoms with Crippen LogP contribution in [0, 0.1) is 0 Å². The Morgan fingerprint density at radius 3 is 1.10 bits per heavy atom. The maximum atomic E-state index is 8.74. The summed E-state index contributed by atoms with van der Waals surface area (Å²) in [5.74, 6) is 0. The summed E-state index contributed by atoms with van der Waals surface area (Å²) in [5, 5.41) is 13.9. The van der Waals surface area contributed by atoms with Crippen molar-refractivity contribution in [3.05, 3.63) is 0 Å². The topological polar surface area (TPSA) is 164 Å². The minimum absolute atomic E-state index is 0. The van der Waals surface area contributed by atoms with Crippen LogP contribution in [0.1, 0.15) is 0 Å². The van der Waals surface area contributed by atoms with Gasteiger partial charge >= 0.3 is 16.6 Å². The molecule has 0 spiro atoms. The monoisotopic (exact) mass is 178 g/mol. The Morgan fingerprint density at radius 1 is 1.10 bits per heavy atom. The lowest BCUT2D eigenvalue weighted by atomic mass is 11.5. The van der Waals surface area contributed by atoms with E-state index in [4.69, 9.17) is 32.5 Å². The van der Waals surface area contributed by atoms with Gasteiger partial charge in [-0.25, -0.2) is 4.79 Å². The summed E-state index contributed by atoms with van der Waals surface area (Å²) in [6.45, 7) is 0. The van der Waals surface area contributed by atoms with Crippen LogP contribution in [0.25, 0.3) is 0 Å². The first-order valence-electron chi connectivity index (χ1n) is 1.35. The van der Waals surface area contributed by atoms with Crippen LogP contribution in [-0.4, -0.2) is 39.4 Å². The van der Waals surface area contributed by atoms with Gasteiger partial charge in [0.1, 0.15) is 0 Å². The summed E-state index contributed by atoms with van der Waals surface area (Å²) in [6, 6.07) is 0. The van der Waals surface area contributed by atoms with Crippen molar-refractivity contribution >= 4 is 16.6 Å². The molecule has 10 heavy (non-hydrogen) atoms. The van der Waals surface area contributed by atoms with Crippen LogP contribution in [0.4, 0.5) is 4.79 Å². The highest BCUT2D eigenvalue weighted by atomic mass is 32.3. The Hall–Kier alpha value is -0.900. The number of hydrogen-bond acceptors (Lipinski definition) is 3. The first-order chi connectivity index (χ1) is 3.73. The van der Waals surface area contributed by atoms with Crippen LogP contribution < -0.4 is 0 Å². The molecule has 0 aliphatic rings. The molecule has 0 radical (unpaired) electrons. The maximum absolute atomic E-state index is 8.74. The molecule has 8 nitrogen and oxygen atoms in total. The first-order valence-corrected chi connectivity index (χ1v) is 2.75. The van der Waals surface area contributed by atoms with Gasteiger partial charge in [-0.2, -0.15) is 8.42 Å². The molecular formula is CH6O8S. The Bertz CT molecular complexity index is 152. The molecule has 0 saturated carbocycles. The molecule has 0 aromatic heterocycles. The molecule has 6 N–H and O–H groups in total. The molecule has 0 fully saturated rings. The van der Waals surface area contributed by atoms with Crippen molar-refractivity contribution in [3.63, 3.8) is 0 Å². The second-order valence-electron chi connectivity index (χ2n) is 0.730. The third-order valence-corrected chi connectivity index (χ3v) is 0. The van der Waals surface area contributed by atoms with E-state index in [9.17, 15) is 0 Å². The van der Waals surface area contributed by atoms with Crippen LogP contribution in [0.5, 0.6) is 0 Å². The average Bonchev–Trinajstić information content (AvgIpc) is 1.19. The van der Waals surface area contributed by atoms with Gasteiger partial charge in [0.2, 0.25) is 0 Å². The van der Waals surface area contributed by atoms with Gasteiger partial charge in [0.15, 0.2) is 0 Å². The highest BCUT2D eigenvalue weighted by Gasteiger charge is 1.84. The summed E-state index contributed by atoms with van der Waals surface area (Å²) in [6.07, 6.45) is -1.83. The fraction of sp³-hybridized carbons (Fsp3) is 0. The second-order valence-corrected chi connectivity index (χ2v) is 1.63. The Morgan fingerprint density at radius 2 is 1.10 bits per heavy atom. The van der Waals surface area contributed by atoms with Crippen molar-refractivity contribution in [3.8, 4) is 0 Å². The maximum Gasteiger partial charge on any atom is 0.503 e. The van der Waals surface area contributed by atoms with E-state index in [1.165, 1.54) is 0 Å². The van der Waals surface area contributed by atoms with Crippen molar-refractivity contribution in [2.75, 3.05) is 0 Å². The zero-order valence-electron chi connectivity index (χ0n) is 4.42. The minimum atomic E-state index is -4.67. The average molecular weight is 178 g/mol. The Labute approximate surface area is 55.6 Å². The zero-order chi connectivity index (χ0) is 8.08. The van der Waals surface area contributed by atoms with E-state index in [1.54, 1.807) is 0 Å². The standard InChI is InChI=1S/CH2O3.H2O4S.H2O/c2-1(3)4;1-5(2,3)4;/h(H2,2,3,4);(H2,1,2,3,4);1H2. The predicted octanol–water partition coefficient (Wildman–Crippen LogP) is -1.26. The molecule has 0 aromatic rings. The van der Waals surface area contributed by atoms with Crippen LogP contribution >= 0.6 is 0 Å². The molecule has 0 aliphatic carbocycles. The zero-order valence-corrected chi connectivity index (χ0v) is 5.24. The van der Waals surface area contributed by atoms with Crippen LogP contribution in [0.3, 0.4) is 0 Å². The summed E-state index contributed by atoms with van der Waals surface area (Å²) >= 11 is 0. The lowest BCUT2D eigenvalue weighted by Gasteiger charge is -1.68. The summed E-state index contributed by atoms with van der Waals surface area (Å²) in [5.41, 5.74) is 0. The molecule has 0 heterocycles. The lowest BCUT2D eigenvalue weighted by molar-refractivity contribution is 0.137. The molecule has 0 saturated heterocycles. The molecule has 9 heteroatoms. The number of rotatable bonds is 0. The molecule has 0 amide bonds. The van der Waals surface area contributed by atoms with E-state index < -0.39 is 16.6 Å². The predicted molar refractivity (Wildman–Crippen MR) is 28.4 cm³/mol. The van der Waals surface area contributed by atoms with Crippen molar-refractivity contribution in [1.29, 1.82) is 0 Å². The van der Waals surface area contributed by atoms with Gasteiger partial charge in [-0.3, -0.25) is 9.11 Å². The molecule has 0 rings (SSSR count). The smallest absolute Gasteiger partial charge is 0.450 e. The normalized spacial score (nSPS) is 8.20. The minimum Gasteiger partial charge on any atom is -0.450 e. The molecule has 0 bridgehead atoms. The van der Waals surface area contributed by atoms with Gasteiger partial charge in [-0.1, -0.05) is 0 Å². The molecule has 0 aromatic carbocycles. The van der Waals surface area contributed by atoms with E-state index in [0.717, 1.165) is 0 Å². The fourth-order valence-electron chi connectivity index (χ4n) is 0. The third-order valence-electron chi connectivity index (χ3n) is 0. The summed E-state index contributed by atoms with van der Waals surface area (Å²) < 4.78 is 31.6. The van der Waals surface area contributed by atoms with Gasteiger partial charge in [0.25, 0.3) is 0 Å². The van der Waals surface area contributed by atoms with Crippen molar-refractivity contribution in [2.45, 2.75) is 0 Å². The quantitative estimate of drug-likeness (QED) is 0.336. The molecule has 0 aliphatic heterocycles. The van der Waals surface area contributed by atoms with Gasteiger partial charge < -0.3 is 15.7 Å². The number of carbonyl (C=O) groups is 1. The van der Waals surface area contributed by atoms with Crippen molar-refractivity contribution in [2.24, 2.45) is 0 Å². The Balaban J connectivity index is -0.0000000910. The fourth-order valence-corrected chi connectivity index (χ4v) is 0. The molecule has 0 atom stereocenters. The second kappa shape index (κ2) is 6.22. The molecule has 0 unspecified atom stereocenters. The van der Waals surface area contributed by atoms with E-state index in [2.05, 4.69) is 0 Å². The van der Waals surface area contributed by atoms with Gasteiger partial charge in [0, 0.05) is 0 Å². The highest BCUT2D eigenvalue weighted by molar-refractivity contribution is 7.79. The summed E-state index contributed by atoms with van der Waals surface area (Å²) in [4.78, 5) is 8.56. The van der Waals surface area contributed by atoms with Crippen molar-refractivity contribution in [1.82, 2.24) is 0 Å². The SMILES string of the molecule is O.O=C(O)O.O=S(=O)(O)O. The molecule has 64 valence electrons.